The second-order valence-corrected chi connectivity index (χ2v) is 8.08. The van der Waals surface area contributed by atoms with Crippen molar-refractivity contribution in [3.05, 3.63) is 104 Å². The average molecular weight is 437 g/mol. The highest BCUT2D eigenvalue weighted by molar-refractivity contribution is 7.15. The van der Waals surface area contributed by atoms with Crippen molar-refractivity contribution in [1.82, 2.24) is 9.38 Å². The van der Waals surface area contributed by atoms with Gasteiger partial charge in [-0.05, 0) is 36.4 Å². The molecule has 7 heteroatoms. The number of rotatable bonds is 4. The molecule has 0 spiro atoms. The first-order valence-corrected chi connectivity index (χ1v) is 10.4. The maximum absolute atomic E-state index is 14.0. The molecule has 148 valence electrons. The van der Waals surface area contributed by atoms with Crippen molar-refractivity contribution in [2.24, 2.45) is 0 Å². The summed E-state index contributed by atoms with van der Waals surface area (Å²) >= 11 is 7.41. The van der Waals surface area contributed by atoms with Crippen LogP contribution in [0.4, 0.5) is 4.39 Å². The lowest BCUT2D eigenvalue weighted by molar-refractivity contribution is 0.299. The molecule has 2 aromatic heterocycles. The van der Waals surface area contributed by atoms with Gasteiger partial charge in [-0.25, -0.2) is 13.8 Å². The zero-order chi connectivity index (χ0) is 20.7. The Balaban J connectivity index is 1.55. The number of para-hydroxylation sites is 3. The van der Waals surface area contributed by atoms with Gasteiger partial charge in [0.15, 0.2) is 4.96 Å². The molecule has 0 aliphatic heterocycles. The zero-order valence-corrected chi connectivity index (χ0v) is 17.1. The van der Waals surface area contributed by atoms with Gasteiger partial charge in [0.05, 0.1) is 20.6 Å². The van der Waals surface area contributed by atoms with Crippen LogP contribution in [0.3, 0.4) is 0 Å². The summed E-state index contributed by atoms with van der Waals surface area (Å²) in [4.78, 5) is 18.2. The number of halogens is 2. The lowest BCUT2D eigenvalue weighted by Gasteiger charge is -2.10. The van der Waals surface area contributed by atoms with Gasteiger partial charge in [-0.3, -0.25) is 4.79 Å². The van der Waals surface area contributed by atoms with Gasteiger partial charge in [0.2, 0.25) is 0 Å². The molecule has 0 N–H and O–H groups in total. The maximum atomic E-state index is 14.0. The number of ether oxygens (including phenoxy) is 1. The third kappa shape index (κ3) is 3.24. The van der Waals surface area contributed by atoms with E-state index in [-0.39, 0.29) is 12.2 Å². The lowest BCUT2D eigenvalue weighted by atomic mass is 10.2. The summed E-state index contributed by atoms with van der Waals surface area (Å²) in [5.41, 5.74) is 2.45. The van der Waals surface area contributed by atoms with Crippen molar-refractivity contribution >= 4 is 45.0 Å². The molecular formula is C23H14ClFN2O2S. The highest BCUT2D eigenvalue weighted by Gasteiger charge is 2.12. The minimum Gasteiger partial charge on any atom is -0.488 e. The first-order valence-electron chi connectivity index (χ1n) is 9.18. The quantitative estimate of drug-likeness (QED) is 0.405. The van der Waals surface area contributed by atoms with Crippen LogP contribution < -0.4 is 14.8 Å². The molecule has 0 fully saturated rings. The Bertz CT molecular complexity index is 1490. The Morgan fingerprint density at radius 3 is 2.73 bits per heavy atom. The topological polar surface area (TPSA) is 43.6 Å². The smallest absolute Gasteiger partial charge is 0.274 e. The van der Waals surface area contributed by atoms with Crippen LogP contribution in [0, 0.1) is 5.82 Å². The molecule has 0 atom stereocenters. The molecule has 0 saturated carbocycles. The van der Waals surface area contributed by atoms with Crippen molar-refractivity contribution in [1.29, 1.82) is 0 Å². The van der Waals surface area contributed by atoms with Gasteiger partial charge in [0, 0.05) is 11.1 Å². The van der Waals surface area contributed by atoms with Crippen LogP contribution >= 0.6 is 22.9 Å². The molecule has 5 rings (SSSR count). The Morgan fingerprint density at radius 1 is 1.07 bits per heavy atom. The fourth-order valence-electron chi connectivity index (χ4n) is 3.30. The molecule has 30 heavy (non-hydrogen) atoms. The summed E-state index contributed by atoms with van der Waals surface area (Å²) in [6, 6.07) is 19.4. The van der Waals surface area contributed by atoms with Crippen LogP contribution in [-0.4, -0.2) is 9.38 Å². The fraction of sp³-hybridized carbons (Fsp3) is 0.0435. The van der Waals surface area contributed by atoms with Crippen LogP contribution in [0.15, 0.2) is 71.5 Å². The maximum Gasteiger partial charge on any atom is 0.274 e. The van der Waals surface area contributed by atoms with E-state index in [2.05, 4.69) is 4.98 Å². The van der Waals surface area contributed by atoms with Crippen molar-refractivity contribution in [2.45, 2.75) is 6.61 Å². The van der Waals surface area contributed by atoms with Crippen LogP contribution in [-0.2, 0) is 6.61 Å². The highest BCUT2D eigenvalue weighted by Crippen LogP contribution is 2.24. The van der Waals surface area contributed by atoms with Crippen LogP contribution in [0.5, 0.6) is 5.75 Å². The molecule has 0 bridgehead atoms. The number of hydrogen-bond acceptors (Lipinski definition) is 4. The predicted octanol–water partition coefficient (Wildman–Crippen LogP) is 4.83. The first-order chi connectivity index (χ1) is 14.6. The van der Waals surface area contributed by atoms with Crippen molar-refractivity contribution < 1.29 is 9.13 Å². The van der Waals surface area contributed by atoms with E-state index in [9.17, 15) is 9.18 Å². The summed E-state index contributed by atoms with van der Waals surface area (Å²) in [6.45, 7) is -0.0149. The van der Waals surface area contributed by atoms with Gasteiger partial charge >= 0.3 is 0 Å². The number of hydrogen-bond donors (Lipinski definition) is 0. The van der Waals surface area contributed by atoms with Gasteiger partial charge in [-0.2, -0.15) is 0 Å². The monoisotopic (exact) mass is 436 g/mol. The number of imidazole rings is 1. The third-order valence-corrected chi connectivity index (χ3v) is 6.11. The van der Waals surface area contributed by atoms with Gasteiger partial charge in [0.25, 0.3) is 5.56 Å². The number of benzene rings is 3. The summed E-state index contributed by atoms with van der Waals surface area (Å²) in [5, 5.41) is 0.310. The Labute approximate surface area is 179 Å². The highest BCUT2D eigenvalue weighted by atomic mass is 35.5. The van der Waals surface area contributed by atoms with E-state index in [0.717, 1.165) is 16.6 Å². The largest absolute Gasteiger partial charge is 0.488 e. The van der Waals surface area contributed by atoms with Gasteiger partial charge in [-0.1, -0.05) is 59.3 Å². The fourth-order valence-corrected chi connectivity index (χ4v) is 4.50. The Kier molecular flexibility index (Phi) is 4.73. The molecule has 0 amide bonds. The van der Waals surface area contributed by atoms with Crippen molar-refractivity contribution in [2.75, 3.05) is 0 Å². The van der Waals surface area contributed by atoms with Crippen LogP contribution in [0.1, 0.15) is 11.1 Å². The molecule has 0 aliphatic carbocycles. The van der Waals surface area contributed by atoms with E-state index in [1.54, 1.807) is 28.7 Å². The van der Waals surface area contributed by atoms with Crippen LogP contribution in [0.25, 0.3) is 22.1 Å². The minimum atomic E-state index is -0.419. The average Bonchev–Trinajstić information content (AvgIpc) is 3.25. The summed E-state index contributed by atoms with van der Waals surface area (Å²) in [6.07, 6.45) is 1.77. The van der Waals surface area contributed by atoms with E-state index >= 15 is 0 Å². The summed E-state index contributed by atoms with van der Waals surface area (Å²) in [7, 11) is 0. The van der Waals surface area contributed by atoms with E-state index in [1.165, 1.54) is 17.4 Å². The van der Waals surface area contributed by atoms with Gasteiger partial charge in [0.1, 0.15) is 18.2 Å². The second kappa shape index (κ2) is 7.55. The van der Waals surface area contributed by atoms with Gasteiger partial charge < -0.3 is 4.74 Å². The van der Waals surface area contributed by atoms with E-state index in [4.69, 9.17) is 16.3 Å². The minimum absolute atomic E-state index is 0.0149. The molecule has 2 heterocycles. The number of aromatic nitrogens is 2. The molecule has 0 unspecified atom stereocenters. The second-order valence-electron chi connectivity index (χ2n) is 6.66. The SMILES string of the molecule is O=c1c(=Cc2ccccc2OCc2c(F)cccc2Cl)sc2nc3ccccc3n12. The zero-order valence-electron chi connectivity index (χ0n) is 15.5. The van der Waals surface area contributed by atoms with Crippen molar-refractivity contribution in [3.8, 4) is 5.75 Å². The normalized spacial score (nSPS) is 12.1. The standard InChI is InChI=1S/C23H14ClFN2O2S/c24-16-7-5-8-17(25)15(16)13-29-20-11-4-1-6-14(20)12-21-22(28)27-19-10-3-2-9-18(19)26-23(27)30-21/h1-12H,13H2. The van der Waals surface area contributed by atoms with Crippen LogP contribution in [0.2, 0.25) is 5.02 Å². The Hall–Kier alpha value is -3.22. The molecule has 3 aromatic carbocycles. The Morgan fingerprint density at radius 2 is 1.87 bits per heavy atom. The molecular weight excluding hydrogens is 423 g/mol. The molecule has 0 aliphatic rings. The first kappa shape index (κ1) is 18.8. The van der Waals surface area contributed by atoms with Crippen molar-refractivity contribution in [3.63, 3.8) is 0 Å². The number of thiazole rings is 1. The third-order valence-electron chi connectivity index (χ3n) is 4.78. The molecule has 5 aromatic rings. The molecule has 4 nitrogen and oxygen atoms in total. The lowest BCUT2D eigenvalue weighted by Crippen LogP contribution is -2.22. The summed E-state index contributed by atoms with van der Waals surface area (Å²) in [5.74, 6) is 0.115. The molecule has 0 saturated heterocycles. The number of fused-ring (bicyclic) bond motifs is 3. The summed E-state index contributed by atoms with van der Waals surface area (Å²) < 4.78 is 22.1. The molecule has 0 radical (unpaired) electrons. The van der Waals surface area contributed by atoms with E-state index < -0.39 is 5.82 Å². The number of nitrogens with zero attached hydrogens (tertiary/aromatic N) is 2. The van der Waals surface area contributed by atoms with Gasteiger partial charge in [-0.15, -0.1) is 0 Å². The van der Waals surface area contributed by atoms with E-state index in [1.807, 2.05) is 42.5 Å². The predicted molar refractivity (Wildman–Crippen MR) is 118 cm³/mol. The van der Waals surface area contributed by atoms with E-state index in [0.29, 0.717) is 25.8 Å².